The maximum Gasteiger partial charge on any atom is 0.231 e. The van der Waals surface area contributed by atoms with Crippen LogP contribution in [0.1, 0.15) is 18.5 Å². The summed E-state index contributed by atoms with van der Waals surface area (Å²) in [6.07, 6.45) is 1.92. The molecule has 1 atom stereocenters. The number of anilines is 1. The number of rotatable bonds is 3. The molecule has 27 heavy (non-hydrogen) atoms. The molecule has 1 aromatic heterocycles. The van der Waals surface area contributed by atoms with Crippen LogP contribution in [0.15, 0.2) is 48.7 Å². The van der Waals surface area contributed by atoms with Crippen LogP contribution in [-0.4, -0.2) is 47.8 Å². The third kappa shape index (κ3) is 3.06. The van der Waals surface area contributed by atoms with Crippen LogP contribution in [0.3, 0.4) is 0 Å². The zero-order chi connectivity index (χ0) is 18.2. The molecule has 1 saturated heterocycles. The van der Waals surface area contributed by atoms with Crippen LogP contribution >= 0.6 is 0 Å². The number of piperazine rings is 1. The van der Waals surface area contributed by atoms with E-state index in [4.69, 9.17) is 14.5 Å². The topological polar surface area (TPSA) is 50.7 Å². The van der Waals surface area contributed by atoms with Crippen molar-refractivity contribution in [3.05, 3.63) is 54.2 Å². The number of para-hydroxylation sites is 1. The molecule has 0 N–H and O–H groups in total. The minimum absolute atomic E-state index is 0.317. The molecule has 2 aliphatic rings. The fourth-order valence-electron chi connectivity index (χ4n) is 3.81. The van der Waals surface area contributed by atoms with Gasteiger partial charge in [0.25, 0.3) is 0 Å². The number of hydrogen-bond donors (Lipinski definition) is 0. The van der Waals surface area contributed by atoms with Crippen LogP contribution in [0.2, 0.25) is 0 Å². The normalized spacial score (nSPS) is 18.0. The van der Waals surface area contributed by atoms with E-state index in [0.29, 0.717) is 12.8 Å². The highest BCUT2D eigenvalue weighted by molar-refractivity contribution is 5.78. The summed E-state index contributed by atoms with van der Waals surface area (Å²) in [7, 11) is 0. The van der Waals surface area contributed by atoms with Gasteiger partial charge in [0, 0.05) is 43.8 Å². The first kappa shape index (κ1) is 16.3. The molecule has 6 heteroatoms. The largest absolute Gasteiger partial charge is 0.454 e. The Kier molecular flexibility index (Phi) is 4.05. The minimum atomic E-state index is 0.317. The molecule has 2 aliphatic heterocycles. The molecule has 2 aromatic carbocycles. The number of aromatic nitrogens is 2. The summed E-state index contributed by atoms with van der Waals surface area (Å²) >= 11 is 0. The van der Waals surface area contributed by atoms with Gasteiger partial charge in [0.2, 0.25) is 12.7 Å². The van der Waals surface area contributed by atoms with Gasteiger partial charge in [-0.1, -0.05) is 24.3 Å². The van der Waals surface area contributed by atoms with Crippen LogP contribution in [0.5, 0.6) is 11.5 Å². The third-order valence-electron chi connectivity index (χ3n) is 5.50. The van der Waals surface area contributed by atoms with Crippen LogP contribution in [0, 0.1) is 0 Å². The average Bonchev–Trinajstić information content (AvgIpc) is 3.21. The smallest absolute Gasteiger partial charge is 0.231 e. The fraction of sp³-hybridized carbons (Fsp3) is 0.333. The summed E-state index contributed by atoms with van der Waals surface area (Å²) in [6, 6.07) is 14.7. The van der Waals surface area contributed by atoms with Gasteiger partial charge in [0.1, 0.15) is 0 Å². The maximum atomic E-state index is 5.52. The predicted octanol–water partition coefficient (Wildman–Crippen LogP) is 3.24. The Morgan fingerprint density at radius 3 is 2.67 bits per heavy atom. The second-order valence-electron chi connectivity index (χ2n) is 7.04. The number of fused-ring (bicyclic) bond motifs is 2. The Morgan fingerprint density at radius 1 is 0.963 bits per heavy atom. The van der Waals surface area contributed by atoms with E-state index < -0.39 is 0 Å². The van der Waals surface area contributed by atoms with E-state index in [1.54, 1.807) is 0 Å². The predicted molar refractivity (Wildman–Crippen MR) is 104 cm³/mol. The molecule has 0 radical (unpaired) electrons. The number of hydrogen-bond acceptors (Lipinski definition) is 6. The zero-order valence-corrected chi connectivity index (χ0v) is 15.3. The van der Waals surface area contributed by atoms with E-state index in [9.17, 15) is 0 Å². The van der Waals surface area contributed by atoms with Gasteiger partial charge in [-0.2, -0.15) is 0 Å². The molecule has 0 amide bonds. The van der Waals surface area contributed by atoms with Crippen molar-refractivity contribution >= 4 is 16.9 Å². The fourth-order valence-corrected chi connectivity index (χ4v) is 3.81. The quantitative estimate of drug-likeness (QED) is 0.713. The lowest BCUT2D eigenvalue weighted by atomic mass is 10.1. The van der Waals surface area contributed by atoms with Crippen LogP contribution in [0.4, 0.5) is 5.95 Å². The lowest BCUT2D eigenvalue weighted by Crippen LogP contribution is -2.47. The molecule has 0 aliphatic carbocycles. The van der Waals surface area contributed by atoms with E-state index in [1.807, 2.05) is 36.5 Å². The molecule has 1 unspecified atom stereocenters. The molecule has 5 rings (SSSR count). The van der Waals surface area contributed by atoms with Crippen LogP contribution in [0.25, 0.3) is 10.9 Å². The number of nitrogens with zero attached hydrogens (tertiary/aromatic N) is 4. The second-order valence-corrected chi connectivity index (χ2v) is 7.04. The van der Waals surface area contributed by atoms with Gasteiger partial charge in [0.05, 0.1) is 5.52 Å². The van der Waals surface area contributed by atoms with Crippen LogP contribution in [-0.2, 0) is 0 Å². The van der Waals surface area contributed by atoms with Crippen molar-refractivity contribution in [2.24, 2.45) is 0 Å². The van der Waals surface area contributed by atoms with Crippen LogP contribution < -0.4 is 14.4 Å². The van der Waals surface area contributed by atoms with Crippen molar-refractivity contribution in [1.29, 1.82) is 0 Å². The van der Waals surface area contributed by atoms with E-state index >= 15 is 0 Å². The van der Waals surface area contributed by atoms with Gasteiger partial charge in [0.15, 0.2) is 11.5 Å². The van der Waals surface area contributed by atoms with Gasteiger partial charge < -0.3 is 14.4 Å². The first-order valence-corrected chi connectivity index (χ1v) is 9.38. The van der Waals surface area contributed by atoms with Gasteiger partial charge in [-0.05, 0) is 30.7 Å². The van der Waals surface area contributed by atoms with Crippen molar-refractivity contribution in [3.8, 4) is 11.5 Å². The number of benzene rings is 2. The molecule has 3 heterocycles. The standard InChI is InChI=1S/C21H22N4O2/c1-15(16-6-7-19-20(12-16)27-14-26-19)24-8-10-25(11-9-24)21-22-13-17-4-2-3-5-18(17)23-21/h2-7,12-13,15H,8-11,14H2,1H3. The van der Waals surface area contributed by atoms with Crippen molar-refractivity contribution < 1.29 is 9.47 Å². The van der Waals surface area contributed by atoms with E-state index in [-0.39, 0.29) is 0 Å². The molecule has 6 nitrogen and oxygen atoms in total. The van der Waals surface area contributed by atoms with Crippen molar-refractivity contribution in [2.45, 2.75) is 13.0 Å². The monoisotopic (exact) mass is 362 g/mol. The highest BCUT2D eigenvalue weighted by Crippen LogP contribution is 2.35. The molecular formula is C21H22N4O2. The Morgan fingerprint density at radius 2 is 1.78 bits per heavy atom. The molecular weight excluding hydrogens is 340 g/mol. The highest BCUT2D eigenvalue weighted by atomic mass is 16.7. The Hall–Kier alpha value is -2.86. The SMILES string of the molecule is CC(c1ccc2c(c1)OCO2)N1CCN(c2ncc3ccccc3n2)CC1. The van der Waals surface area contributed by atoms with Crippen molar-refractivity contribution in [3.63, 3.8) is 0 Å². The summed E-state index contributed by atoms with van der Waals surface area (Å²) in [5.41, 5.74) is 2.26. The van der Waals surface area contributed by atoms with Gasteiger partial charge in [-0.15, -0.1) is 0 Å². The zero-order valence-electron chi connectivity index (χ0n) is 15.3. The van der Waals surface area contributed by atoms with E-state index in [2.05, 4.69) is 33.8 Å². The molecule has 3 aromatic rings. The first-order valence-electron chi connectivity index (χ1n) is 9.38. The lowest BCUT2D eigenvalue weighted by Gasteiger charge is -2.38. The van der Waals surface area contributed by atoms with Gasteiger partial charge >= 0.3 is 0 Å². The summed E-state index contributed by atoms with van der Waals surface area (Å²) in [4.78, 5) is 14.1. The highest BCUT2D eigenvalue weighted by Gasteiger charge is 2.25. The number of ether oxygens (including phenoxy) is 2. The average molecular weight is 362 g/mol. The van der Waals surface area contributed by atoms with Crippen molar-refractivity contribution in [2.75, 3.05) is 37.9 Å². The molecule has 138 valence electrons. The molecule has 1 fully saturated rings. The summed E-state index contributed by atoms with van der Waals surface area (Å²) in [5.74, 6) is 2.51. The van der Waals surface area contributed by atoms with E-state index in [0.717, 1.165) is 54.5 Å². The summed E-state index contributed by atoms with van der Waals surface area (Å²) in [6.45, 7) is 6.37. The van der Waals surface area contributed by atoms with Crippen molar-refractivity contribution in [1.82, 2.24) is 14.9 Å². The van der Waals surface area contributed by atoms with Gasteiger partial charge in [-0.3, -0.25) is 4.90 Å². The molecule has 0 spiro atoms. The summed E-state index contributed by atoms with van der Waals surface area (Å²) in [5, 5.41) is 1.08. The van der Waals surface area contributed by atoms with Gasteiger partial charge in [-0.25, -0.2) is 9.97 Å². The Labute approximate surface area is 158 Å². The Bertz CT molecular complexity index is 969. The maximum absolute atomic E-state index is 5.52. The van der Waals surface area contributed by atoms with E-state index in [1.165, 1.54) is 5.56 Å². The Balaban J connectivity index is 1.27. The second kappa shape index (κ2) is 6.70. The minimum Gasteiger partial charge on any atom is -0.454 e. The third-order valence-corrected chi connectivity index (χ3v) is 5.50. The lowest BCUT2D eigenvalue weighted by molar-refractivity contribution is 0.173. The first-order chi connectivity index (χ1) is 13.3. The molecule has 0 bridgehead atoms. The molecule has 0 saturated carbocycles. The summed E-state index contributed by atoms with van der Waals surface area (Å²) < 4.78 is 10.9.